The second kappa shape index (κ2) is 9.38. The van der Waals surface area contributed by atoms with Crippen molar-refractivity contribution in [2.24, 2.45) is 0 Å². The monoisotopic (exact) mass is 382 g/mol. The van der Waals surface area contributed by atoms with Crippen molar-refractivity contribution in [3.05, 3.63) is 64.7 Å². The zero-order valence-corrected chi connectivity index (χ0v) is 14.5. The molecule has 0 aromatic heterocycles. The Balaban J connectivity index is 2.27. The number of aliphatic hydroxyl groups is 2. The molecule has 7 nitrogen and oxygen atoms in total. The average Bonchev–Trinajstić information content (AvgIpc) is 2.64. The number of hydrogen-bond donors (Lipinski definition) is 4. The van der Waals surface area contributed by atoms with Gasteiger partial charge >= 0.3 is 0 Å². The molecule has 0 aliphatic carbocycles. The zero-order valence-electron chi connectivity index (χ0n) is 14.5. The number of aliphatic hydroxyl groups excluding tert-OH is 1. The van der Waals surface area contributed by atoms with Crippen LogP contribution in [0.25, 0.3) is 0 Å². The van der Waals surface area contributed by atoms with Gasteiger partial charge in [-0.25, -0.2) is 14.3 Å². The van der Waals surface area contributed by atoms with Crippen molar-refractivity contribution in [1.29, 1.82) is 0 Å². The van der Waals surface area contributed by atoms with Gasteiger partial charge in [0.2, 0.25) is 0 Å². The first-order valence-electron chi connectivity index (χ1n) is 7.96. The molecule has 0 spiro atoms. The summed E-state index contributed by atoms with van der Waals surface area (Å²) in [6.45, 7) is -0.535. The second-order valence-electron chi connectivity index (χ2n) is 5.87. The van der Waals surface area contributed by atoms with E-state index in [0.717, 1.165) is 12.1 Å². The van der Waals surface area contributed by atoms with Gasteiger partial charge in [0.15, 0.2) is 6.29 Å². The Hall–Kier alpha value is -2.59. The highest BCUT2D eigenvalue weighted by molar-refractivity contribution is 5.76. The van der Waals surface area contributed by atoms with Crippen molar-refractivity contribution in [3.63, 3.8) is 0 Å². The number of ether oxygens (including phenoxy) is 1. The summed E-state index contributed by atoms with van der Waals surface area (Å²) >= 11 is 0. The SMILES string of the molecule is COc1cc(F)c(CN(CC(=O)NO)Cc2cccc(C(O)O)c2)c(F)c1. The Bertz CT molecular complexity index is 778. The Labute approximate surface area is 154 Å². The predicted octanol–water partition coefficient (Wildman–Crippen LogP) is 1.46. The summed E-state index contributed by atoms with van der Waals surface area (Å²) in [5.41, 5.74) is 2.03. The average molecular weight is 382 g/mol. The molecule has 0 fully saturated rings. The number of nitrogens with zero attached hydrogens (tertiary/aromatic N) is 1. The maximum absolute atomic E-state index is 14.2. The number of nitrogens with one attached hydrogen (secondary N) is 1. The van der Waals surface area contributed by atoms with Gasteiger partial charge in [0, 0.05) is 36.3 Å². The Morgan fingerprint density at radius 3 is 2.41 bits per heavy atom. The molecule has 0 bridgehead atoms. The molecule has 27 heavy (non-hydrogen) atoms. The van der Waals surface area contributed by atoms with Crippen molar-refractivity contribution in [1.82, 2.24) is 10.4 Å². The topological polar surface area (TPSA) is 102 Å². The van der Waals surface area contributed by atoms with E-state index in [0.29, 0.717) is 5.56 Å². The Morgan fingerprint density at radius 1 is 1.19 bits per heavy atom. The van der Waals surface area contributed by atoms with E-state index in [2.05, 4.69) is 0 Å². The van der Waals surface area contributed by atoms with Crippen LogP contribution < -0.4 is 10.2 Å². The van der Waals surface area contributed by atoms with Crippen LogP contribution in [0.2, 0.25) is 0 Å². The van der Waals surface area contributed by atoms with Crippen LogP contribution >= 0.6 is 0 Å². The van der Waals surface area contributed by atoms with E-state index in [1.54, 1.807) is 12.1 Å². The van der Waals surface area contributed by atoms with E-state index < -0.39 is 23.8 Å². The van der Waals surface area contributed by atoms with Crippen molar-refractivity contribution in [2.75, 3.05) is 13.7 Å². The number of amides is 1. The number of carbonyl (C=O) groups is 1. The molecule has 1 amide bonds. The molecule has 2 rings (SSSR count). The molecule has 2 aromatic carbocycles. The van der Waals surface area contributed by atoms with Gasteiger partial charge in [-0.05, 0) is 11.6 Å². The molecule has 0 saturated carbocycles. The Kier molecular flexibility index (Phi) is 7.19. The molecule has 0 saturated heterocycles. The van der Waals surface area contributed by atoms with Gasteiger partial charge in [0.05, 0.1) is 13.7 Å². The van der Waals surface area contributed by atoms with Crippen LogP contribution in [0.4, 0.5) is 8.78 Å². The lowest BCUT2D eigenvalue weighted by molar-refractivity contribution is -0.130. The first kappa shape index (κ1) is 20.7. The van der Waals surface area contributed by atoms with Crippen LogP contribution in [0.1, 0.15) is 23.0 Å². The molecule has 0 atom stereocenters. The quantitative estimate of drug-likeness (QED) is 0.313. The molecular weight excluding hydrogens is 362 g/mol. The van der Waals surface area contributed by atoms with E-state index in [4.69, 9.17) is 9.94 Å². The highest BCUT2D eigenvalue weighted by atomic mass is 19.1. The van der Waals surface area contributed by atoms with Crippen LogP contribution in [0, 0.1) is 11.6 Å². The summed E-state index contributed by atoms with van der Waals surface area (Å²) < 4.78 is 33.3. The fourth-order valence-corrected chi connectivity index (χ4v) is 2.59. The van der Waals surface area contributed by atoms with E-state index in [-0.39, 0.29) is 36.5 Å². The summed E-state index contributed by atoms with van der Waals surface area (Å²) in [5, 5.41) is 27.3. The van der Waals surface area contributed by atoms with Gasteiger partial charge < -0.3 is 14.9 Å². The fraction of sp³-hybridized carbons (Fsp3) is 0.278. The zero-order chi connectivity index (χ0) is 20.0. The molecular formula is C18H20F2N2O5. The van der Waals surface area contributed by atoms with Crippen LogP contribution in [-0.4, -0.2) is 39.9 Å². The normalized spacial score (nSPS) is 11.1. The lowest BCUT2D eigenvalue weighted by Gasteiger charge is -2.22. The lowest BCUT2D eigenvalue weighted by atomic mass is 10.1. The summed E-state index contributed by atoms with van der Waals surface area (Å²) in [5.74, 6) is -2.40. The first-order valence-corrected chi connectivity index (χ1v) is 7.96. The highest BCUT2D eigenvalue weighted by Crippen LogP contribution is 2.23. The van der Waals surface area contributed by atoms with E-state index in [9.17, 15) is 23.8 Å². The maximum Gasteiger partial charge on any atom is 0.257 e. The van der Waals surface area contributed by atoms with Crippen molar-refractivity contribution < 1.29 is 33.7 Å². The molecule has 2 aromatic rings. The number of carbonyl (C=O) groups excluding carboxylic acids is 1. The smallest absolute Gasteiger partial charge is 0.257 e. The number of benzene rings is 2. The number of methoxy groups -OCH3 is 1. The number of rotatable bonds is 8. The number of hydrogen-bond acceptors (Lipinski definition) is 6. The third-order valence-corrected chi connectivity index (χ3v) is 3.88. The highest BCUT2D eigenvalue weighted by Gasteiger charge is 2.18. The van der Waals surface area contributed by atoms with Crippen LogP contribution in [-0.2, 0) is 17.9 Å². The maximum atomic E-state index is 14.2. The van der Waals surface area contributed by atoms with Gasteiger partial charge in [-0.2, -0.15) is 0 Å². The van der Waals surface area contributed by atoms with Gasteiger partial charge in [0.25, 0.3) is 5.91 Å². The molecule has 0 aliphatic rings. The van der Waals surface area contributed by atoms with E-state index >= 15 is 0 Å². The minimum Gasteiger partial charge on any atom is -0.497 e. The van der Waals surface area contributed by atoms with Gasteiger partial charge in [-0.15, -0.1) is 0 Å². The number of halogens is 2. The lowest BCUT2D eigenvalue weighted by Crippen LogP contribution is -2.35. The van der Waals surface area contributed by atoms with Crippen LogP contribution in [0.15, 0.2) is 36.4 Å². The van der Waals surface area contributed by atoms with Crippen molar-refractivity contribution in [2.45, 2.75) is 19.4 Å². The predicted molar refractivity (Wildman–Crippen MR) is 90.6 cm³/mol. The summed E-state index contributed by atoms with van der Waals surface area (Å²) in [7, 11) is 1.29. The summed E-state index contributed by atoms with van der Waals surface area (Å²) in [4.78, 5) is 12.9. The summed E-state index contributed by atoms with van der Waals surface area (Å²) in [6.07, 6.45) is -1.67. The van der Waals surface area contributed by atoms with Gasteiger partial charge in [-0.3, -0.25) is 14.9 Å². The molecule has 0 heterocycles. The molecule has 4 N–H and O–H groups in total. The molecule has 9 heteroatoms. The standard InChI is InChI=1S/C18H20F2N2O5/c1-27-13-6-15(19)14(16(20)7-13)9-22(10-17(23)21-26)8-11-3-2-4-12(5-11)18(24)25/h2-7,18,24-26H,8-10H2,1H3,(H,21,23). The van der Waals surface area contributed by atoms with Crippen LogP contribution in [0.3, 0.4) is 0 Å². The van der Waals surface area contributed by atoms with E-state index in [1.807, 2.05) is 0 Å². The largest absolute Gasteiger partial charge is 0.497 e. The van der Waals surface area contributed by atoms with Crippen LogP contribution in [0.5, 0.6) is 5.75 Å². The van der Waals surface area contributed by atoms with E-state index in [1.165, 1.54) is 29.6 Å². The fourth-order valence-electron chi connectivity index (χ4n) is 2.59. The van der Waals surface area contributed by atoms with Gasteiger partial charge in [0.1, 0.15) is 17.4 Å². The van der Waals surface area contributed by atoms with Crippen molar-refractivity contribution in [3.8, 4) is 5.75 Å². The third kappa shape index (κ3) is 5.69. The molecule has 0 aliphatic heterocycles. The first-order chi connectivity index (χ1) is 12.8. The number of hydroxylamine groups is 1. The van der Waals surface area contributed by atoms with Gasteiger partial charge in [-0.1, -0.05) is 18.2 Å². The Morgan fingerprint density at radius 2 is 1.85 bits per heavy atom. The summed E-state index contributed by atoms with van der Waals surface area (Å²) in [6, 6.07) is 8.31. The minimum atomic E-state index is -1.67. The second-order valence-corrected chi connectivity index (χ2v) is 5.87. The minimum absolute atomic E-state index is 0.0260. The molecule has 0 radical (unpaired) electrons. The third-order valence-electron chi connectivity index (χ3n) is 3.88. The van der Waals surface area contributed by atoms with Crippen molar-refractivity contribution >= 4 is 5.91 Å². The molecule has 0 unspecified atom stereocenters. The molecule has 146 valence electrons.